The molecule has 0 spiro atoms. The second-order valence-corrected chi connectivity index (χ2v) is 4.48. The van der Waals surface area contributed by atoms with E-state index < -0.39 is 0 Å². The van der Waals surface area contributed by atoms with Crippen LogP contribution in [0.3, 0.4) is 0 Å². The molecule has 1 aromatic heterocycles. The Balaban J connectivity index is 2.86. The van der Waals surface area contributed by atoms with Gasteiger partial charge >= 0.3 is 0 Å². The van der Waals surface area contributed by atoms with Crippen LogP contribution >= 0.6 is 11.3 Å². The quantitative estimate of drug-likeness (QED) is 0.719. The Morgan fingerprint density at radius 1 is 1.56 bits per heavy atom. The van der Waals surface area contributed by atoms with Crippen LogP contribution in [0, 0.1) is 12.3 Å². The number of hydrogen-bond acceptors (Lipinski definition) is 2. The highest BCUT2D eigenvalue weighted by Crippen LogP contribution is 2.19. The summed E-state index contributed by atoms with van der Waals surface area (Å²) in [6.07, 6.45) is 7.10. The van der Waals surface area contributed by atoms with Crippen LogP contribution in [0.4, 0.5) is 0 Å². The summed E-state index contributed by atoms with van der Waals surface area (Å²) < 4.78 is 0. The fourth-order valence-electron chi connectivity index (χ4n) is 1.58. The Labute approximate surface area is 101 Å². The minimum atomic E-state index is 0.0756. The lowest BCUT2D eigenvalue weighted by molar-refractivity contribution is 0.0781. The van der Waals surface area contributed by atoms with Gasteiger partial charge in [-0.25, -0.2) is 0 Å². The molecular weight excluding hydrogens is 218 g/mol. The van der Waals surface area contributed by atoms with Crippen LogP contribution in [0.5, 0.6) is 0 Å². The van der Waals surface area contributed by atoms with Gasteiger partial charge in [0.05, 0.1) is 11.4 Å². The molecule has 3 heteroatoms. The molecule has 0 radical (unpaired) electrons. The van der Waals surface area contributed by atoms with Crippen LogP contribution in [0.2, 0.25) is 0 Å². The van der Waals surface area contributed by atoms with E-state index in [0.29, 0.717) is 6.54 Å². The normalized spacial score (nSPS) is 9.81. The van der Waals surface area contributed by atoms with E-state index in [1.54, 1.807) is 4.90 Å². The number of hydrogen-bond donors (Lipinski definition) is 0. The predicted molar refractivity (Wildman–Crippen MR) is 68.7 cm³/mol. The van der Waals surface area contributed by atoms with Crippen molar-refractivity contribution in [1.29, 1.82) is 0 Å². The highest BCUT2D eigenvalue weighted by Gasteiger charge is 2.17. The van der Waals surface area contributed by atoms with Crippen molar-refractivity contribution in [1.82, 2.24) is 4.90 Å². The summed E-state index contributed by atoms with van der Waals surface area (Å²) in [5.74, 6) is 2.62. The van der Waals surface area contributed by atoms with Gasteiger partial charge in [-0.1, -0.05) is 19.8 Å². The van der Waals surface area contributed by atoms with Crippen molar-refractivity contribution >= 4 is 17.2 Å². The summed E-state index contributed by atoms with van der Waals surface area (Å²) in [5.41, 5.74) is 1.12. The van der Waals surface area contributed by atoms with Crippen molar-refractivity contribution in [3.05, 3.63) is 21.9 Å². The van der Waals surface area contributed by atoms with Gasteiger partial charge in [-0.2, -0.15) is 0 Å². The molecule has 1 rings (SSSR count). The van der Waals surface area contributed by atoms with Crippen molar-refractivity contribution < 1.29 is 4.79 Å². The first-order valence-corrected chi connectivity index (χ1v) is 6.41. The largest absolute Gasteiger partial charge is 0.327 e. The van der Waals surface area contributed by atoms with Gasteiger partial charge in [-0.15, -0.1) is 17.8 Å². The zero-order chi connectivity index (χ0) is 12.0. The lowest BCUT2D eigenvalue weighted by Crippen LogP contribution is -2.32. The van der Waals surface area contributed by atoms with E-state index in [-0.39, 0.29) is 5.91 Å². The van der Waals surface area contributed by atoms with E-state index >= 15 is 0 Å². The minimum Gasteiger partial charge on any atom is -0.327 e. The smallest absolute Gasteiger partial charge is 0.264 e. The van der Waals surface area contributed by atoms with E-state index in [1.165, 1.54) is 11.3 Å². The number of rotatable bonds is 5. The fraction of sp³-hybridized carbons (Fsp3) is 0.462. The number of carbonyl (C=O) groups excluding carboxylic acids is 1. The molecule has 0 N–H and O–H groups in total. The minimum absolute atomic E-state index is 0.0756. The third kappa shape index (κ3) is 2.86. The first-order valence-electron chi connectivity index (χ1n) is 5.53. The molecule has 1 aromatic rings. The molecule has 0 aliphatic rings. The molecule has 1 amide bonds. The molecule has 0 aromatic carbocycles. The van der Waals surface area contributed by atoms with Gasteiger partial charge in [0.1, 0.15) is 0 Å². The number of thiophene rings is 1. The van der Waals surface area contributed by atoms with Gasteiger partial charge in [0, 0.05) is 6.54 Å². The van der Waals surface area contributed by atoms with Crippen molar-refractivity contribution in [2.24, 2.45) is 0 Å². The summed E-state index contributed by atoms with van der Waals surface area (Å²) in [6.45, 7) is 5.23. The first-order chi connectivity index (χ1) is 7.74. The van der Waals surface area contributed by atoms with Gasteiger partial charge in [-0.05, 0) is 29.9 Å². The van der Waals surface area contributed by atoms with Crippen LogP contribution < -0.4 is 0 Å². The van der Waals surface area contributed by atoms with Crippen LogP contribution in [-0.4, -0.2) is 23.9 Å². The molecule has 16 heavy (non-hydrogen) atoms. The summed E-state index contributed by atoms with van der Waals surface area (Å²) in [5, 5.41) is 1.96. The number of nitrogens with zero attached hydrogens (tertiary/aromatic N) is 1. The first kappa shape index (κ1) is 12.8. The average molecular weight is 235 g/mol. The molecule has 1 heterocycles. The number of carbonyl (C=O) groups is 1. The second-order valence-electron chi connectivity index (χ2n) is 3.56. The van der Waals surface area contributed by atoms with Crippen LogP contribution in [-0.2, 0) is 6.42 Å². The Kier molecular flexibility index (Phi) is 5.07. The molecule has 0 unspecified atom stereocenters. The van der Waals surface area contributed by atoms with E-state index in [1.807, 2.05) is 18.4 Å². The van der Waals surface area contributed by atoms with E-state index in [4.69, 9.17) is 6.42 Å². The van der Waals surface area contributed by atoms with Gasteiger partial charge in [0.15, 0.2) is 0 Å². The number of amides is 1. The lowest BCUT2D eigenvalue weighted by atomic mass is 10.2. The SMILES string of the molecule is C#CCN(CCC)C(=O)c1sccc1CC. The highest BCUT2D eigenvalue weighted by atomic mass is 32.1. The standard InChI is InChI=1S/C13H17NOS/c1-4-8-14(9-5-2)13(15)12-11(6-3)7-10-16-12/h1,7,10H,5-6,8-9H2,2-3H3. The topological polar surface area (TPSA) is 20.3 Å². The number of terminal acetylenes is 1. The van der Waals surface area contributed by atoms with Crippen molar-refractivity contribution in [3.8, 4) is 12.3 Å². The summed E-state index contributed by atoms with van der Waals surface area (Å²) >= 11 is 1.50. The van der Waals surface area contributed by atoms with Gasteiger partial charge in [-0.3, -0.25) is 4.79 Å². The summed E-state index contributed by atoms with van der Waals surface area (Å²) in [7, 11) is 0. The third-order valence-electron chi connectivity index (χ3n) is 2.38. The van der Waals surface area contributed by atoms with Crippen molar-refractivity contribution in [2.45, 2.75) is 26.7 Å². The van der Waals surface area contributed by atoms with Gasteiger partial charge < -0.3 is 4.90 Å². The molecule has 0 bridgehead atoms. The summed E-state index contributed by atoms with van der Waals surface area (Å²) in [6, 6.07) is 2.01. The van der Waals surface area contributed by atoms with Crippen molar-refractivity contribution in [3.63, 3.8) is 0 Å². The third-order valence-corrected chi connectivity index (χ3v) is 3.33. The maximum absolute atomic E-state index is 12.2. The number of aryl methyl sites for hydroxylation is 1. The average Bonchev–Trinajstić information content (AvgIpc) is 2.75. The van der Waals surface area contributed by atoms with E-state index in [9.17, 15) is 4.79 Å². The zero-order valence-corrected chi connectivity index (χ0v) is 10.6. The Hall–Kier alpha value is -1.27. The van der Waals surface area contributed by atoms with Crippen LogP contribution in [0.15, 0.2) is 11.4 Å². The second kappa shape index (κ2) is 6.34. The van der Waals surface area contributed by atoms with E-state index in [0.717, 1.165) is 29.8 Å². The Morgan fingerprint density at radius 3 is 2.88 bits per heavy atom. The molecule has 0 fully saturated rings. The predicted octanol–water partition coefficient (Wildman–Crippen LogP) is 2.80. The van der Waals surface area contributed by atoms with Crippen LogP contribution in [0.1, 0.15) is 35.5 Å². The molecular formula is C13H17NOS. The van der Waals surface area contributed by atoms with Crippen molar-refractivity contribution in [2.75, 3.05) is 13.1 Å². The maximum Gasteiger partial charge on any atom is 0.264 e. The highest BCUT2D eigenvalue weighted by molar-refractivity contribution is 7.12. The molecule has 0 aliphatic heterocycles. The van der Waals surface area contributed by atoms with Gasteiger partial charge in [0.25, 0.3) is 5.91 Å². The lowest BCUT2D eigenvalue weighted by Gasteiger charge is -2.19. The van der Waals surface area contributed by atoms with Gasteiger partial charge in [0.2, 0.25) is 0 Å². The maximum atomic E-state index is 12.2. The molecule has 0 aliphatic carbocycles. The monoisotopic (exact) mass is 235 g/mol. The van der Waals surface area contributed by atoms with Crippen LogP contribution in [0.25, 0.3) is 0 Å². The summed E-state index contributed by atoms with van der Waals surface area (Å²) in [4.78, 5) is 14.8. The molecule has 0 atom stereocenters. The molecule has 2 nitrogen and oxygen atoms in total. The molecule has 86 valence electrons. The molecule has 0 saturated heterocycles. The Morgan fingerprint density at radius 2 is 2.31 bits per heavy atom. The zero-order valence-electron chi connectivity index (χ0n) is 9.82. The van der Waals surface area contributed by atoms with E-state index in [2.05, 4.69) is 12.8 Å². The molecule has 0 saturated carbocycles. The Bertz CT molecular complexity index is 389. The fourth-order valence-corrected chi connectivity index (χ4v) is 2.54.